The maximum Gasteiger partial charge on any atom is 0.230 e. The van der Waals surface area contributed by atoms with Gasteiger partial charge in [-0.1, -0.05) is 11.6 Å². The highest BCUT2D eigenvalue weighted by Crippen LogP contribution is 2.29. The summed E-state index contributed by atoms with van der Waals surface area (Å²) >= 11 is 9.03. The first-order valence-electron chi connectivity index (χ1n) is 4.37. The van der Waals surface area contributed by atoms with Gasteiger partial charge in [-0.25, -0.2) is 4.98 Å². The van der Waals surface area contributed by atoms with Crippen molar-refractivity contribution in [3.63, 3.8) is 0 Å². The third-order valence-electron chi connectivity index (χ3n) is 2.15. The SMILES string of the molecule is O=C1CC(O)CN1c1ncc(Cl)cc1Br. The zero-order chi connectivity index (χ0) is 11.0. The quantitative estimate of drug-likeness (QED) is 0.855. The molecule has 1 aromatic rings. The van der Waals surface area contributed by atoms with E-state index < -0.39 is 6.10 Å². The summed E-state index contributed by atoms with van der Waals surface area (Å²) in [5.74, 6) is 0.374. The molecule has 1 aliphatic heterocycles. The van der Waals surface area contributed by atoms with Crippen LogP contribution in [0.25, 0.3) is 0 Å². The normalized spacial score (nSPS) is 21.1. The lowest BCUT2D eigenvalue weighted by atomic mass is 10.3. The van der Waals surface area contributed by atoms with Gasteiger partial charge in [0.2, 0.25) is 5.91 Å². The summed E-state index contributed by atoms with van der Waals surface area (Å²) in [5, 5.41) is 9.84. The molecule has 1 fully saturated rings. The molecule has 1 unspecified atom stereocenters. The van der Waals surface area contributed by atoms with Crippen molar-refractivity contribution in [3.8, 4) is 0 Å². The van der Waals surface area contributed by atoms with Gasteiger partial charge in [0.05, 0.1) is 28.6 Å². The summed E-state index contributed by atoms with van der Waals surface area (Å²) in [6.45, 7) is 0.284. The zero-order valence-corrected chi connectivity index (χ0v) is 9.99. The van der Waals surface area contributed by atoms with Gasteiger partial charge in [0.1, 0.15) is 5.82 Å². The van der Waals surface area contributed by atoms with Crippen LogP contribution in [0.5, 0.6) is 0 Å². The number of hydrogen-bond donors (Lipinski definition) is 1. The second-order valence-corrected chi connectivity index (χ2v) is 4.61. The summed E-state index contributed by atoms with van der Waals surface area (Å²) in [6, 6.07) is 1.67. The Kier molecular flexibility index (Phi) is 2.95. The molecule has 1 saturated heterocycles. The molecule has 0 saturated carbocycles. The molecule has 0 bridgehead atoms. The summed E-state index contributed by atoms with van der Waals surface area (Å²) in [5.41, 5.74) is 0. The van der Waals surface area contributed by atoms with Crippen LogP contribution < -0.4 is 4.90 Å². The van der Waals surface area contributed by atoms with Crippen molar-refractivity contribution in [1.29, 1.82) is 0 Å². The molecule has 0 radical (unpaired) electrons. The van der Waals surface area contributed by atoms with E-state index in [1.54, 1.807) is 6.07 Å². The van der Waals surface area contributed by atoms with Gasteiger partial charge in [-0.3, -0.25) is 9.69 Å². The topological polar surface area (TPSA) is 53.4 Å². The molecule has 4 nitrogen and oxygen atoms in total. The van der Waals surface area contributed by atoms with Crippen molar-refractivity contribution in [3.05, 3.63) is 21.8 Å². The minimum Gasteiger partial charge on any atom is -0.391 e. The molecule has 15 heavy (non-hydrogen) atoms. The number of pyridine rings is 1. The van der Waals surface area contributed by atoms with Gasteiger partial charge in [0, 0.05) is 6.20 Å². The number of amides is 1. The Morgan fingerprint density at radius 2 is 2.40 bits per heavy atom. The van der Waals surface area contributed by atoms with E-state index in [4.69, 9.17) is 11.6 Å². The van der Waals surface area contributed by atoms with E-state index in [-0.39, 0.29) is 18.9 Å². The van der Waals surface area contributed by atoms with Crippen LogP contribution >= 0.6 is 27.5 Å². The average Bonchev–Trinajstić information content (AvgIpc) is 2.45. The Bertz CT molecular complexity index is 413. The molecule has 80 valence electrons. The van der Waals surface area contributed by atoms with Gasteiger partial charge < -0.3 is 5.11 Å². The number of carbonyl (C=O) groups excluding carboxylic acids is 1. The van der Waals surface area contributed by atoms with Crippen LogP contribution in [-0.4, -0.2) is 28.6 Å². The predicted octanol–water partition coefficient (Wildman–Crippen LogP) is 1.60. The lowest BCUT2D eigenvalue weighted by molar-refractivity contribution is -0.117. The van der Waals surface area contributed by atoms with Crippen LogP contribution in [0.1, 0.15) is 6.42 Å². The van der Waals surface area contributed by atoms with Crippen LogP contribution in [-0.2, 0) is 4.79 Å². The number of β-amino-alcohol motifs (C(OH)–C–C–N with tert-alkyl or cyclic N) is 1. The summed E-state index contributed by atoms with van der Waals surface area (Å²) in [7, 11) is 0. The zero-order valence-electron chi connectivity index (χ0n) is 7.65. The maximum absolute atomic E-state index is 11.5. The number of nitrogens with zero attached hydrogens (tertiary/aromatic N) is 2. The third kappa shape index (κ3) is 2.14. The van der Waals surface area contributed by atoms with Gasteiger partial charge in [0.25, 0.3) is 0 Å². The first-order chi connectivity index (χ1) is 7.08. The summed E-state index contributed by atoms with van der Waals surface area (Å²) in [4.78, 5) is 17.0. The van der Waals surface area contributed by atoms with Gasteiger partial charge in [0.15, 0.2) is 0 Å². The Morgan fingerprint density at radius 3 is 2.93 bits per heavy atom. The molecule has 0 aliphatic carbocycles. The molecule has 1 atom stereocenters. The minimum absolute atomic E-state index is 0.127. The molecule has 1 aromatic heterocycles. The van der Waals surface area contributed by atoms with Gasteiger partial charge in [-0.05, 0) is 22.0 Å². The van der Waals surface area contributed by atoms with Gasteiger partial charge in [-0.15, -0.1) is 0 Å². The van der Waals surface area contributed by atoms with Crippen molar-refractivity contribution in [2.75, 3.05) is 11.4 Å². The fourth-order valence-electron chi connectivity index (χ4n) is 1.50. The largest absolute Gasteiger partial charge is 0.391 e. The van der Waals surface area contributed by atoms with Gasteiger partial charge >= 0.3 is 0 Å². The van der Waals surface area contributed by atoms with E-state index in [0.717, 1.165) is 0 Å². The van der Waals surface area contributed by atoms with Crippen molar-refractivity contribution in [1.82, 2.24) is 4.98 Å². The highest BCUT2D eigenvalue weighted by molar-refractivity contribution is 9.10. The highest BCUT2D eigenvalue weighted by Gasteiger charge is 2.30. The molecule has 1 amide bonds. The molecule has 1 N–H and O–H groups in total. The first kappa shape index (κ1) is 10.9. The highest BCUT2D eigenvalue weighted by atomic mass is 79.9. The minimum atomic E-state index is -0.609. The Labute approximate surface area is 100.0 Å². The smallest absolute Gasteiger partial charge is 0.230 e. The monoisotopic (exact) mass is 290 g/mol. The van der Waals surface area contributed by atoms with Crippen LogP contribution in [0.4, 0.5) is 5.82 Å². The number of aromatic nitrogens is 1. The third-order valence-corrected chi connectivity index (χ3v) is 2.94. The number of anilines is 1. The fourth-order valence-corrected chi connectivity index (χ4v) is 2.35. The Balaban J connectivity index is 2.34. The van der Waals surface area contributed by atoms with E-state index in [9.17, 15) is 9.90 Å². The van der Waals surface area contributed by atoms with Crippen LogP contribution in [0.3, 0.4) is 0 Å². The molecule has 0 spiro atoms. The maximum atomic E-state index is 11.5. The lowest BCUT2D eigenvalue weighted by Gasteiger charge is -2.15. The molecular weight excluding hydrogens is 283 g/mol. The van der Waals surface area contributed by atoms with Crippen molar-refractivity contribution in [2.45, 2.75) is 12.5 Å². The Morgan fingerprint density at radius 1 is 1.67 bits per heavy atom. The average molecular weight is 292 g/mol. The predicted molar refractivity (Wildman–Crippen MR) is 59.9 cm³/mol. The standard InChI is InChI=1S/C9H8BrClN2O2/c10-7-1-5(11)3-12-9(7)13-4-6(14)2-8(13)15/h1,3,6,14H,2,4H2. The first-order valence-corrected chi connectivity index (χ1v) is 5.54. The number of aliphatic hydroxyl groups excluding tert-OH is 1. The number of rotatable bonds is 1. The molecule has 2 heterocycles. The van der Waals surface area contributed by atoms with Crippen LogP contribution in [0.2, 0.25) is 5.02 Å². The Hall–Kier alpha value is -0.650. The number of aliphatic hydroxyl groups is 1. The second-order valence-electron chi connectivity index (χ2n) is 3.32. The molecular formula is C9H8BrClN2O2. The number of carbonyl (C=O) groups is 1. The number of halogens is 2. The summed E-state index contributed by atoms with van der Waals surface area (Å²) < 4.78 is 0.650. The second kappa shape index (κ2) is 4.08. The van der Waals surface area contributed by atoms with E-state index in [1.165, 1.54) is 11.1 Å². The van der Waals surface area contributed by atoms with Crippen molar-refractivity contribution < 1.29 is 9.90 Å². The number of hydrogen-bond acceptors (Lipinski definition) is 3. The lowest BCUT2D eigenvalue weighted by Crippen LogP contribution is -2.26. The van der Waals surface area contributed by atoms with E-state index in [2.05, 4.69) is 20.9 Å². The fraction of sp³-hybridized carbons (Fsp3) is 0.333. The van der Waals surface area contributed by atoms with E-state index in [0.29, 0.717) is 15.3 Å². The van der Waals surface area contributed by atoms with Gasteiger partial charge in [-0.2, -0.15) is 0 Å². The summed E-state index contributed by atoms with van der Waals surface area (Å²) in [6.07, 6.45) is 1.01. The molecule has 6 heteroatoms. The van der Waals surface area contributed by atoms with Crippen molar-refractivity contribution in [2.24, 2.45) is 0 Å². The molecule has 0 aromatic carbocycles. The van der Waals surface area contributed by atoms with E-state index >= 15 is 0 Å². The van der Waals surface area contributed by atoms with E-state index in [1.807, 2.05) is 0 Å². The molecule has 1 aliphatic rings. The van der Waals surface area contributed by atoms with Crippen LogP contribution in [0.15, 0.2) is 16.7 Å². The van der Waals surface area contributed by atoms with Crippen molar-refractivity contribution >= 4 is 39.3 Å². The molecule has 2 rings (SSSR count). The van der Waals surface area contributed by atoms with Crippen LogP contribution in [0, 0.1) is 0 Å².